The van der Waals surface area contributed by atoms with Gasteiger partial charge in [0.1, 0.15) is 5.60 Å². The first-order valence-corrected chi connectivity index (χ1v) is 7.43. The fourth-order valence-corrected chi connectivity index (χ4v) is 3.40. The van der Waals surface area contributed by atoms with Crippen molar-refractivity contribution in [1.82, 2.24) is 4.90 Å². The fraction of sp³-hybridized carbons (Fsp3) is 0.800. The Kier molecular flexibility index (Phi) is 4.58. The van der Waals surface area contributed by atoms with E-state index in [4.69, 9.17) is 4.74 Å². The van der Waals surface area contributed by atoms with Crippen LogP contribution in [0.15, 0.2) is 0 Å². The quantitative estimate of drug-likeness (QED) is 0.732. The number of Topliss-reactive ketones (excluding diaryl/α,β-unsaturated/α-hetero) is 2. The van der Waals surface area contributed by atoms with Crippen molar-refractivity contribution in [2.75, 3.05) is 13.7 Å². The molecule has 5 nitrogen and oxygen atoms in total. The van der Waals surface area contributed by atoms with Crippen LogP contribution in [0.4, 0.5) is 0 Å². The van der Waals surface area contributed by atoms with Gasteiger partial charge >= 0.3 is 0 Å². The van der Waals surface area contributed by atoms with Gasteiger partial charge in [-0.15, -0.1) is 0 Å². The highest BCUT2D eigenvalue weighted by molar-refractivity contribution is 6.39. The molecule has 1 amide bonds. The molecule has 1 atom stereocenters. The molecule has 2 rings (SSSR count). The molecule has 2 aliphatic rings. The van der Waals surface area contributed by atoms with Crippen molar-refractivity contribution in [2.24, 2.45) is 0 Å². The predicted octanol–water partition coefficient (Wildman–Crippen LogP) is 1.48. The van der Waals surface area contributed by atoms with Gasteiger partial charge in [0.25, 0.3) is 11.7 Å². The molecule has 0 aromatic rings. The van der Waals surface area contributed by atoms with Gasteiger partial charge in [-0.2, -0.15) is 0 Å². The lowest BCUT2D eigenvalue weighted by molar-refractivity contribution is -0.160. The SMILES string of the molecule is COC1(C(=O)C(=O)N2CCC[C@H]2C(C)=O)CCCCC1. The maximum atomic E-state index is 12.6. The van der Waals surface area contributed by atoms with Crippen LogP contribution >= 0.6 is 0 Å². The van der Waals surface area contributed by atoms with Crippen molar-refractivity contribution >= 4 is 17.5 Å². The van der Waals surface area contributed by atoms with E-state index in [0.29, 0.717) is 25.8 Å². The fourth-order valence-electron chi connectivity index (χ4n) is 3.40. The molecule has 20 heavy (non-hydrogen) atoms. The molecule has 0 radical (unpaired) electrons. The van der Waals surface area contributed by atoms with Gasteiger partial charge in [-0.3, -0.25) is 14.4 Å². The van der Waals surface area contributed by atoms with Gasteiger partial charge in [0.2, 0.25) is 0 Å². The lowest BCUT2D eigenvalue weighted by atomic mass is 9.81. The Labute approximate surface area is 119 Å². The molecule has 1 saturated heterocycles. The van der Waals surface area contributed by atoms with Gasteiger partial charge in [0.05, 0.1) is 6.04 Å². The van der Waals surface area contributed by atoms with E-state index in [9.17, 15) is 14.4 Å². The van der Waals surface area contributed by atoms with Crippen LogP contribution in [0.3, 0.4) is 0 Å². The number of ketones is 2. The summed E-state index contributed by atoms with van der Waals surface area (Å²) in [6.07, 6.45) is 5.54. The maximum absolute atomic E-state index is 12.6. The average Bonchev–Trinajstić information content (AvgIpc) is 2.96. The molecule has 1 saturated carbocycles. The molecule has 112 valence electrons. The smallest absolute Gasteiger partial charge is 0.293 e. The van der Waals surface area contributed by atoms with Gasteiger partial charge in [-0.05, 0) is 32.6 Å². The Morgan fingerprint density at radius 2 is 1.75 bits per heavy atom. The summed E-state index contributed by atoms with van der Waals surface area (Å²) >= 11 is 0. The van der Waals surface area contributed by atoms with Crippen LogP contribution in [-0.4, -0.2) is 47.7 Å². The summed E-state index contributed by atoms with van der Waals surface area (Å²) in [7, 11) is 1.50. The van der Waals surface area contributed by atoms with Gasteiger partial charge in [0, 0.05) is 13.7 Å². The molecule has 0 bridgehead atoms. The Morgan fingerprint density at radius 3 is 2.30 bits per heavy atom. The van der Waals surface area contributed by atoms with Crippen molar-refractivity contribution in [3.8, 4) is 0 Å². The van der Waals surface area contributed by atoms with Crippen molar-refractivity contribution in [3.05, 3.63) is 0 Å². The largest absolute Gasteiger partial charge is 0.370 e. The summed E-state index contributed by atoms with van der Waals surface area (Å²) in [4.78, 5) is 38.1. The number of methoxy groups -OCH3 is 1. The summed E-state index contributed by atoms with van der Waals surface area (Å²) in [5.74, 6) is -1.04. The Bertz CT molecular complexity index is 412. The molecule has 5 heteroatoms. The van der Waals surface area contributed by atoms with Crippen LogP contribution in [0.5, 0.6) is 0 Å². The van der Waals surface area contributed by atoms with E-state index in [2.05, 4.69) is 0 Å². The summed E-state index contributed by atoms with van der Waals surface area (Å²) in [6.45, 7) is 1.97. The third-order valence-electron chi connectivity index (χ3n) is 4.64. The van der Waals surface area contributed by atoms with Crippen molar-refractivity contribution < 1.29 is 19.1 Å². The lowest BCUT2D eigenvalue weighted by Gasteiger charge is -2.35. The first kappa shape index (κ1) is 15.2. The highest BCUT2D eigenvalue weighted by atomic mass is 16.5. The molecule has 0 unspecified atom stereocenters. The minimum absolute atomic E-state index is 0.0428. The second-order valence-corrected chi connectivity index (χ2v) is 5.86. The van der Waals surface area contributed by atoms with Gasteiger partial charge in [-0.25, -0.2) is 0 Å². The number of hydrogen-bond acceptors (Lipinski definition) is 4. The van der Waals surface area contributed by atoms with E-state index in [0.717, 1.165) is 25.7 Å². The van der Waals surface area contributed by atoms with E-state index in [-0.39, 0.29) is 5.78 Å². The summed E-state index contributed by atoms with van der Waals surface area (Å²) < 4.78 is 5.44. The van der Waals surface area contributed by atoms with Crippen molar-refractivity contribution in [2.45, 2.75) is 63.5 Å². The Hall–Kier alpha value is -1.23. The number of amides is 1. The number of likely N-dealkylation sites (tertiary alicyclic amines) is 1. The minimum atomic E-state index is -0.959. The van der Waals surface area contributed by atoms with Crippen LogP contribution in [-0.2, 0) is 19.1 Å². The average molecular weight is 281 g/mol. The first-order chi connectivity index (χ1) is 9.52. The molecule has 0 spiro atoms. The predicted molar refractivity (Wildman–Crippen MR) is 73.2 cm³/mol. The van der Waals surface area contributed by atoms with Crippen LogP contribution in [0.1, 0.15) is 51.9 Å². The van der Waals surface area contributed by atoms with Crippen LogP contribution in [0, 0.1) is 0 Å². The standard InChI is InChI=1S/C15H23NO4/c1-11(17)12-7-6-10-16(12)14(19)13(18)15(20-2)8-4-3-5-9-15/h12H,3-10H2,1-2H3/t12-/m0/s1. The Balaban J connectivity index is 2.15. The summed E-state index contributed by atoms with van der Waals surface area (Å²) in [5.41, 5.74) is -0.959. The van der Waals surface area contributed by atoms with Crippen LogP contribution in [0.2, 0.25) is 0 Å². The molecule has 0 aromatic heterocycles. The van der Waals surface area contributed by atoms with E-state index in [1.165, 1.54) is 18.9 Å². The van der Waals surface area contributed by atoms with Gasteiger partial charge in [0.15, 0.2) is 5.78 Å². The van der Waals surface area contributed by atoms with Crippen molar-refractivity contribution in [3.63, 3.8) is 0 Å². The molecule has 1 aliphatic heterocycles. The summed E-state index contributed by atoms with van der Waals surface area (Å²) in [6, 6.07) is -0.427. The minimum Gasteiger partial charge on any atom is -0.370 e. The number of carbonyl (C=O) groups is 3. The third kappa shape index (κ3) is 2.64. The van der Waals surface area contributed by atoms with E-state index < -0.39 is 23.3 Å². The lowest BCUT2D eigenvalue weighted by Crippen LogP contribution is -2.53. The highest BCUT2D eigenvalue weighted by Crippen LogP contribution is 2.33. The maximum Gasteiger partial charge on any atom is 0.293 e. The summed E-state index contributed by atoms with van der Waals surface area (Å²) in [5, 5.41) is 0. The second kappa shape index (κ2) is 6.04. The number of ether oxygens (including phenoxy) is 1. The molecule has 2 fully saturated rings. The monoisotopic (exact) mass is 281 g/mol. The van der Waals surface area contributed by atoms with E-state index >= 15 is 0 Å². The van der Waals surface area contributed by atoms with E-state index in [1.807, 2.05) is 0 Å². The second-order valence-electron chi connectivity index (χ2n) is 5.86. The number of nitrogens with zero attached hydrogens (tertiary/aromatic N) is 1. The number of carbonyl (C=O) groups excluding carboxylic acids is 3. The van der Waals surface area contributed by atoms with Crippen LogP contribution in [0.25, 0.3) is 0 Å². The first-order valence-electron chi connectivity index (χ1n) is 7.43. The topological polar surface area (TPSA) is 63.7 Å². The number of rotatable bonds is 4. The zero-order chi connectivity index (χ0) is 14.8. The molecular weight excluding hydrogens is 258 g/mol. The third-order valence-corrected chi connectivity index (χ3v) is 4.64. The molecule has 1 heterocycles. The Morgan fingerprint density at radius 1 is 1.10 bits per heavy atom. The molecule has 0 aromatic carbocycles. The van der Waals surface area contributed by atoms with E-state index in [1.54, 1.807) is 0 Å². The zero-order valence-electron chi connectivity index (χ0n) is 12.3. The van der Waals surface area contributed by atoms with Gasteiger partial charge in [-0.1, -0.05) is 19.3 Å². The van der Waals surface area contributed by atoms with Gasteiger partial charge < -0.3 is 9.64 Å². The van der Waals surface area contributed by atoms with Crippen molar-refractivity contribution in [1.29, 1.82) is 0 Å². The molecule has 0 N–H and O–H groups in total. The normalized spacial score (nSPS) is 25.5. The highest BCUT2D eigenvalue weighted by Gasteiger charge is 2.46. The molecule has 1 aliphatic carbocycles. The molecular formula is C15H23NO4. The number of hydrogen-bond donors (Lipinski definition) is 0. The van der Waals surface area contributed by atoms with Crippen LogP contribution < -0.4 is 0 Å². The zero-order valence-corrected chi connectivity index (χ0v) is 12.3.